The van der Waals surface area contributed by atoms with Crippen molar-refractivity contribution >= 4 is 23.3 Å². The second-order valence-corrected chi connectivity index (χ2v) is 7.25. The molecule has 1 atom stereocenters. The number of methoxy groups -OCH3 is 1. The number of carbonyl (C=O) groups excluding carboxylic acids is 2. The third-order valence-electron chi connectivity index (χ3n) is 4.53. The molecular weight excluding hydrogens is 366 g/mol. The van der Waals surface area contributed by atoms with Crippen LogP contribution in [0.25, 0.3) is 10.8 Å². The Morgan fingerprint density at radius 2 is 2.15 bits per heavy atom. The maximum absolute atomic E-state index is 13.0. The van der Waals surface area contributed by atoms with Gasteiger partial charge >= 0.3 is 6.03 Å². The Morgan fingerprint density at radius 3 is 2.89 bits per heavy atom. The molecule has 4 rings (SSSR count). The molecule has 1 aliphatic rings. The van der Waals surface area contributed by atoms with Crippen molar-refractivity contribution in [1.29, 1.82) is 0 Å². The van der Waals surface area contributed by atoms with Gasteiger partial charge < -0.3 is 14.5 Å². The number of hydrogen-bond donors (Lipinski definition) is 1. The number of hydrogen-bond acceptors (Lipinski definition) is 6. The van der Waals surface area contributed by atoms with Crippen molar-refractivity contribution in [3.8, 4) is 16.5 Å². The first-order valence-electron chi connectivity index (χ1n) is 8.28. The van der Waals surface area contributed by atoms with Crippen molar-refractivity contribution in [3.05, 3.63) is 59.3 Å². The molecule has 2 aromatic heterocycles. The van der Waals surface area contributed by atoms with Crippen molar-refractivity contribution in [2.45, 2.75) is 19.0 Å². The second-order valence-electron chi connectivity index (χ2n) is 6.30. The van der Waals surface area contributed by atoms with Crippen molar-refractivity contribution in [2.75, 3.05) is 7.11 Å². The summed E-state index contributed by atoms with van der Waals surface area (Å²) >= 11 is 1.51. The molecular formula is C19H17N3O4S. The minimum Gasteiger partial charge on any atom is -0.497 e. The molecule has 0 saturated carbocycles. The quantitative estimate of drug-likeness (QED) is 0.683. The molecule has 0 bridgehead atoms. The van der Waals surface area contributed by atoms with Crippen LogP contribution < -0.4 is 10.1 Å². The Balaban J connectivity index is 1.58. The molecule has 0 unspecified atom stereocenters. The molecule has 8 heteroatoms. The topological polar surface area (TPSA) is 84.7 Å². The number of amides is 3. The van der Waals surface area contributed by atoms with Crippen LogP contribution in [0.2, 0.25) is 0 Å². The van der Waals surface area contributed by atoms with Crippen LogP contribution in [0.3, 0.4) is 0 Å². The van der Waals surface area contributed by atoms with Gasteiger partial charge in [-0.15, -0.1) is 11.3 Å². The standard InChI is InChI=1S/C19H17N3O4S/c1-19(12-5-3-6-14(9-12)25-2)17(23)22(18(24)21-19)10-13-11-26-16(20-13)15-7-4-8-27-15/h3-9,11H,10H2,1-2H3,(H,21,24)/t19-/m1/s1. The van der Waals surface area contributed by atoms with E-state index in [0.717, 1.165) is 9.78 Å². The molecule has 0 radical (unpaired) electrons. The summed E-state index contributed by atoms with van der Waals surface area (Å²) in [5.74, 6) is 0.746. The maximum Gasteiger partial charge on any atom is 0.325 e. The van der Waals surface area contributed by atoms with Gasteiger partial charge in [-0.3, -0.25) is 9.69 Å². The van der Waals surface area contributed by atoms with Crippen molar-refractivity contribution < 1.29 is 18.7 Å². The highest BCUT2D eigenvalue weighted by Gasteiger charge is 2.49. The van der Waals surface area contributed by atoms with Gasteiger partial charge in [0.25, 0.3) is 5.91 Å². The molecule has 3 aromatic rings. The minimum absolute atomic E-state index is 0.0408. The summed E-state index contributed by atoms with van der Waals surface area (Å²) in [5, 5.41) is 4.70. The van der Waals surface area contributed by atoms with Crippen molar-refractivity contribution in [3.63, 3.8) is 0 Å². The van der Waals surface area contributed by atoms with Crippen molar-refractivity contribution in [1.82, 2.24) is 15.2 Å². The zero-order valence-corrected chi connectivity index (χ0v) is 15.6. The SMILES string of the molecule is COc1cccc([C@@]2(C)NC(=O)N(Cc3coc(-c4cccs4)n3)C2=O)c1. The molecule has 1 N–H and O–H groups in total. The molecule has 0 spiro atoms. The lowest BCUT2D eigenvalue weighted by Crippen LogP contribution is -2.40. The molecule has 1 aliphatic heterocycles. The molecule has 7 nitrogen and oxygen atoms in total. The van der Waals surface area contributed by atoms with E-state index >= 15 is 0 Å². The Hall–Kier alpha value is -3.13. The summed E-state index contributed by atoms with van der Waals surface area (Å²) in [5.41, 5.74) is 0.00489. The van der Waals surface area contributed by atoms with Gasteiger partial charge in [0.1, 0.15) is 17.6 Å². The van der Waals surface area contributed by atoms with Gasteiger partial charge in [-0.2, -0.15) is 0 Å². The van der Waals surface area contributed by atoms with Crippen LogP contribution in [0.1, 0.15) is 18.2 Å². The zero-order valence-electron chi connectivity index (χ0n) is 14.8. The summed E-state index contributed by atoms with van der Waals surface area (Å²) in [6.07, 6.45) is 1.47. The third kappa shape index (κ3) is 2.97. The van der Waals surface area contributed by atoms with Gasteiger partial charge in [0, 0.05) is 0 Å². The Morgan fingerprint density at radius 1 is 1.30 bits per heavy atom. The van der Waals surface area contributed by atoms with Gasteiger partial charge in [0.05, 0.1) is 24.2 Å². The number of ether oxygens (including phenoxy) is 1. The molecule has 138 valence electrons. The highest BCUT2D eigenvalue weighted by Crippen LogP contribution is 2.32. The van der Waals surface area contributed by atoms with Gasteiger partial charge in [-0.25, -0.2) is 9.78 Å². The normalized spacial score (nSPS) is 19.4. The van der Waals surface area contributed by atoms with E-state index in [0.29, 0.717) is 22.9 Å². The number of aromatic nitrogens is 1. The van der Waals surface area contributed by atoms with Crippen molar-refractivity contribution in [2.24, 2.45) is 0 Å². The average Bonchev–Trinajstić information content (AvgIpc) is 3.40. The second kappa shape index (κ2) is 6.55. The maximum atomic E-state index is 13.0. The lowest BCUT2D eigenvalue weighted by molar-refractivity contribution is -0.131. The van der Waals surface area contributed by atoms with E-state index < -0.39 is 11.6 Å². The number of urea groups is 1. The number of rotatable bonds is 5. The number of imide groups is 1. The van der Waals surface area contributed by atoms with Gasteiger partial charge in [-0.1, -0.05) is 18.2 Å². The lowest BCUT2D eigenvalue weighted by atomic mass is 9.92. The van der Waals surface area contributed by atoms with Crippen LogP contribution in [-0.4, -0.2) is 28.9 Å². The number of nitrogens with zero attached hydrogens (tertiary/aromatic N) is 2. The lowest BCUT2D eigenvalue weighted by Gasteiger charge is -2.22. The fraction of sp³-hybridized carbons (Fsp3) is 0.211. The molecule has 1 aromatic carbocycles. The van der Waals surface area contributed by atoms with Crippen LogP contribution in [0.15, 0.2) is 52.5 Å². The predicted molar refractivity (Wildman–Crippen MR) is 99.2 cm³/mol. The van der Waals surface area contributed by atoms with E-state index in [1.54, 1.807) is 38.3 Å². The fourth-order valence-corrected chi connectivity index (χ4v) is 3.68. The monoisotopic (exact) mass is 383 g/mol. The molecule has 27 heavy (non-hydrogen) atoms. The third-order valence-corrected chi connectivity index (χ3v) is 5.38. The van der Waals surface area contributed by atoms with Gasteiger partial charge in [0.15, 0.2) is 0 Å². The Labute approximate surface area is 159 Å². The molecule has 1 saturated heterocycles. The average molecular weight is 383 g/mol. The summed E-state index contributed by atoms with van der Waals surface area (Å²) in [6, 6.07) is 10.4. The highest BCUT2D eigenvalue weighted by atomic mass is 32.1. The number of carbonyl (C=O) groups is 2. The number of benzene rings is 1. The van der Waals surface area contributed by atoms with Gasteiger partial charge in [0.2, 0.25) is 5.89 Å². The van der Waals surface area contributed by atoms with Crippen LogP contribution in [0.5, 0.6) is 5.75 Å². The minimum atomic E-state index is -1.16. The van der Waals surface area contributed by atoms with Gasteiger partial charge in [-0.05, 0) is 36.1 Å². The highest BCUT2D eigenvalue weighted by molar-refractivity contribution is 7.13. The molecule has 3 heterocycles. The summed E-state index contributed by atoms with van der Waals surface area (Å²) in [4.78, 5) is 31.9. The summed E-state index contributed by atoms with van der Waals surface area (Å²) in [7, 11) is 1.55. The molecule has 0 aliphatic carbocycles. The number of thiophene rings is 1. The first-order chi connectivity index (χ1) is 13.0. The van der Waals surface area contributed by atoms with Crippen LogP contribution in [0.4, 0.5) is 4.79 Å². The predicted octanol–water partition coefficient (Wildman–Crippen LogP) is 3.38. The first-order valence-corrected chi connectivity index (χ1v) is 9.16. The molecule has 3 amide bonds. The zero-order chi connectivity index (χ0) is 19.0. The number of nitrogens with one attached hydrogen (secondary N) is 1. The van der Waals surface area contributed by atoms with E-state index in [1.165, 1.54) is 17.6 Å². The first kappa shape index (κ1) is 17.3. The largest absolute Gasteiger partial charge is 0.497 e. The van der Waals surface area contributed by atoms with Crippen LogP contribution in [0, 0.1) is 0 Å². The fourth-order valence-electron chi connectivity index (χ4n) is 3.03. The van der Waals surface area contributed by atoms with E-state index in [9.17, 15) is 9.59 Å². The van der Waals surface area contributed by atoms with E-state index in [-0.39, 0.29) is 12.5 Å². The van der Waals surface area contributed by atoms with Crippen LogP contribution >= 0.6 is 11.3 Å². The summed E-state index contributed by atoms with van der Waals surface area (Å²) < 4.78 is 10.7. The van der Waals surface area contributed by atoms with E-state index in [2.05, 4.69) is 10.3 Å². The van der Waals surface area contributed by atoms with E-state index in [4.69, 9.17) is 9.15 Å². The van der Waals surface area contributed by atoms with E-state index in [1.807, 2.05) is 17.5 Å². The Kier molecular flexibility index (Phi) is 4.19. The Bertz CT molecular complexity index is 998. The van der Waals surface area contributed by atoms with Crippen LogP contribution in [-0.2, 0) is 16.9 Å². The molecule has 1 fully saturated rings. The smallest absolute Gasteiger partial charge is 0.325 e. The number of oxazole rings is 1. The summed E-state index contributed by atoms with van der Waals surface area (Å²) in [6.45, 7) is 1.72.